The molecule has 5 aromatic rings. The van der Waals surface area contributed by atoms with Gasteiger partial charge in [0, 0.05) is 0 Å². The average molecular weight is 1090 g/mol. The highest BCUT2D eigenvalue weighted by Gasteiger charge is 2.15. The summed E-state index contributed by atoms with van der Waals surface area (Å²) in [6.45, 7) is 23.2. The molecule has 1 aliphatic heterocycles. The zero-order valence-electron chi connectivity index (χ0n) is 48.3. The Morgan fingerprint density at radius 1 is 0.173 bits per heavy atom. The number of hydrogen-bond acceptors (Lipinski definition) is 5. The summed E-state index contributed by atoms with van der Waals surface area (Å²) in [5, 5.41) is 0. The summed E-state index contributed by atoms with van der Waals surface area (Å²) in [4.78, 5) is 0. The molecular weight excluding hydrogens is 1000 g/mol. The standard InChI is InChI=1S/C70H90S5/c1-11-21-31-51-52(32-22-12-2)62-43-44-64-55(35-25-15-5)56(36-26-16-6)66(73-64)47-48-68-59(39-29-19-9)60(40-30-20-10)70(75-68)50-49-69-58(38-28-18-8)57(37-27-17-7)67(74-69)46-45-65-54(34-24-14-4)53(33-23-13-3)63(72-65)42-41-61(51)71-62/h11-40H2,1-10H3. The van der Waals surface area contributed by atoms with Crippen LogP contribution in [0.4, 0.5) is 0 Å². The van der Waals surface area contributed by atoms with E-state index in [4.69, 9.17) is 0 Å². The number of unbranched alkanes of at least 4 members (excludes halogenated alkanes) is 10. The fraction of sp³-hybridized carbons (Fsp3) is 0.571. The van der Waals surface area contributed by atoms with Crippen LogP contribution < -0.4 is 45.3 Å². The molecular formula is C70H90S5. The lowest BCUT2D eigenvalue weighted by molar-refractivity contribution is 0.758. The molecule has 0 radical (unpaired) electrons. The third-order valence-corrected chi connectivity index (χ3v) is 20.4. The van der Waals surface area contributed by atoms with Gasteiger partial charge in [-0.1, -0.05) is 133 Å². The van der Waals surface area contributed by atoms with E-state index in [0.29, 0.717) is 0 Å². The fourth-order valence-corrected chi connectivity index (χ4v) is 15.8. The maximum Gasteiger partial charge on any atom is 0.0820 e. The maximum atomic E-state index is 3.91. The first-order valence-corrected chi connectivity index (χ1v) is 34.2. The van der Waals surface area contributed by atoms with Crippen molar-refractivity contribution in [3.8, 4) is 0 Å². The Balaban J connectivity index is 2.06. The zero-order chi connectivity index (χ0) is 53.4. The predicted octanol–water partition coefficient (Wildman–Crippen LogP) is 13.8. The van der Waals surface area contributed by atoms with E-state index >= 15 is 0 Å². The lowest BCUT2D eigenvalue weighted by Crippen LogP contribution is -2.08. The summed E-state index contributed by atoms with van der Waals surface area (Å²) in [5.41, 5.74) is 53.7. The van der Waals surface area contributed by atoms with Gasteiger partial charge in [-0.3, -0.25) is 0 Å². The zero-order valence-corrected chi connectivity index (χ0v) is 52.3. The highest BCUT2D eigenvalue weighted by atomic mass is 32.1. The molecule has 6 heterocycles. The van der Waals surface area contributed by atoms with Crippen LogP contribution in [-0.4, -0.2) is 0 Å². The van der Waals surface area contributed by atoms with E-state index < -0.39 is 0 Å². The quantitative estimate of drug-likeness (QED) is 0.0422. The molecule has 75 heavy (non-hydrogen) atoms. The molecule has 0 spiro atoms. The van der Waals surface area contributed by atoms with Crippen LogP contribution in [0.25, 0.3) is 57.3 Å². The average Bonchev–Trinajstić information content (AvgIpc) is 4.21. The molecule has 0 N–H and O–H groups in total. The van der Waals surface area contributed by atoms with E-state index in [2.05, 4.69) is 127 Å². The lowest BCUT2D eigenvalue weighted by Gasteiger charge is -2.03. The van der Waals surface area contributed by atoms with Crippen molar-refractivity contribution in [1.82, 2.24) is 0 Å². The first-order valence-electron chi connectivity index (χ1n) is 30.1. The van der Waals surface area contributed by atoms with E-state index in [1.165, 1.54) is 101 Å². The van der Waals surface area contributed by atoms with Gasteiger partial charge in [0.1, 0.15) is 0 Å². The molecule has 0 saturated heterocycles. The first kappa shape index (κ1) is 60.5. The largest absolute Gasteiger partial charge is 0.117 e. The number of thiophene rings is 5. The topological polar surface area (TPSA) is 0 Å². The van der Waals surface area contributed by atoms with Crippen molar-refractivity contribution in [1.29, 1.82) is 0 Å². The minimum atomic E-state index is 1.06. The van der Waals surface area contributed by atoms with E-state index in [9.17, 15) is 0 Å². The van der Waals surface area contributed by atoms with E-state index in [0.717, 1.165) is 193 Å². The number of hydrogen-bond donors (Lipinski definition) is 0. The molecule has 0 atom stereocenters. The summed E-state index contributed by atoms with van der Waals surface area (Å²) < 4.78 is 12.3. The minimum absolute atomic E-state index is 1.06. The molecule has 6 rings (SSSR count). The van der Waals surface area contributed by atoms with Gasteiger partial charge >= 0.3 is 0 Å². The highest BCUT2D eigenvalue weighted by molar-refractivity contribution is 7.09. The van der Waals surface area contributed by atoms with E-state index in [-0.39, 0.29) is 0 Å². The highest BCUT2D eigenvalue weighted by Crippen LogP contribution is 2.16. The maximum absolute atomic E-state index is 3.91. The molecule has 1 aliphatic rings. The molecule has 400 valence electrons. The van der Waals surface area contributed by atoms with Crippen LogP contribution in [0.1, 0.15) is 253 Å². The molecule has 5 heteroatoms. The molecule has 0 aromatic carbocycles. The van der Waals surface area contributed by atoms with Crippen LogP contribution in [0.5, 0.6) is 0 Å². The van der Waals surface area contributed by atoms with Gasteiger partial charge in [0.2, 0.25) is 0 Å². The molecule has 5 aromatic heterocycles. The summed E-state index contributed by atoms with van der Waals surface area (Å²) in [6, 6.07) is 0. The monoisotopic (exact) mass is 1090 g/mol. The fourth-order valence-electron chi connectivity index (χ4n) is 10.3. The summed E-state index contributed by atoms with van der Waals surface area (Å²) >= 11 is 9.37. The van der Waals surface area contributed by atoms with Crippen molar-refractivity contribution in [2.24, 2.45) is 0 Å². The molecule has 10 bridgehead atoms. The van der Waals surface area contributed by atoms with Crippen molar-refractivity contribution in [2.45, 2.75) is 262 Å². The normalized spacial score (nSPS) is 11.6. The molecule has 0 fully saturated rings. The van der Waals surface area contributed by atoms with Gasteiger partial charge in [0.15, 0.2) is 0 Å². The van der Waals surface area contributed by atoms with Gasteiger partial charge in [0.25, 0.3) is 0 Å². The van der Waals surface area contributed by atoms with Crippen LogP contribution in [0.2, 0.25) is 0 Å². The summed E-state index contributed by atoms with van der Waals surface area (Å²) in [7, 11) is 0. The predicted molar refractivity (Wildman–Crippen MR) is 338 cm³/mol. The van der Waals surface area contributed by atoms with Crippen molar-refractivity contribution in [3.63, 3.8) is 0 Å². The second-order valence-electron chi connectivity index (χ2n) is 20.9. The Hall–Kier alpha value is -3.70. The molecule has 0 unspecified atom stereocenters. The Labute approximate surface area is 473 Å². The van der Waals surface area contributed by atoms with Crippen LogP contribution in [0.3, 0.4) is 0 Å². The number of fused-ring (bicyclic) bond motifs is 10. The third kappa shape index (κ3) is 16.4. The Kier molecular flexibility index (Phi) is 26.6. The van der Waals surface area contributed by atoms with Gasteiger partial charge in [-0.15, -0.1) is 56.7 Å². The molecule has 0 amide bonds. The molecule has 0 nitrogen and oxygen atoms in total. The molecule has 0 saturated carbocycles. The first-order chi connectivity index (χ1) is 36.8. The van der Waals surface area contributed by atoms with Crippen LogP contribution in [0, 0.1) is 0 Å². The summed E-state index contributed by atoms with van der Waals surface area (Å²) in [5.74, 6) is 0. The van der Waals surface area contributed by atoms with E-state index in [1.54, 1.807) is 0 Å². The van der Waals surface area contributed by atoms with Crippen molar-refractivity contribution in [2.75, 3.05) is 0 Å². The Bertz CT molecular complexity index is 2810. The number of rotatable bonds is 30. The van der Waals surface area contributed by atoms with Crippen LogP contribution >= 0.6 is 56.7 Å². The lowest BCUT2D eigenvalue weighted by atomic mass is 10.0. The van der Waals surface area contributed by atoms with Gasteiger partial charge in [-0.05, 0) is 241 Å². The van der Waals surface area contributed by atoms with Crippen LogP contribution in [0.15, 0.2) is 0 Å². The van der Waals surface area contributed by atoms with Gasteiger partial charge in [0.05, 0.1) is 45.3 Å². The van der Waals surface area contributed by atoms with Crippen molar-refractivity contribution < 1.29 is 0 Å². The van der Waals surface area contributed by atoms with Crippen molar-refractivity contribution >= 4 is 114 Å². The van der Waals surface area contributed by atoms with Gasteiger partial charge in [-0.25, -0.2) is 0 Å². The minimum Gasteiger partial charge on any atom is -0.117 e. The molecule has 0 aliphatic carbocycles. The Morgan fingerprint density at radius 2 is 0.267 bits per heavy atom. The third-order valence-electron chi connectivity index (χ3n) is 14.8. The van der Waals surface area contributed by atoms with Gasteiger partial charge < -0.3 is 0 Å². The summed E-state index contributed by atoms with van der Waals surface area (Å²) in [6.07, 6.45) is 33.9. The van der Waals surface area contributed by atoms with Crippen molar-refractivity contribution in [3.05, 3.63) is 101 Å². The second kappa shape index (κ2) is 32.9. The van der Waals surface area contributed by atoms with E-state index in [1.807, 2.05) is 56.7 Å². The smallest absolute Gasteiger partial charge is 0.0820 e. The SMILES string of the molecule is CCCCc1c(CCCC)c2sc1=C=C=c1sc(c(CCCC)c1CCCC)=C=C=c1sc(c(CCCC)c1CCCC)=C=C=c1sc(c(CCCC)c1CCCC)=C=C=c1sc(c(CCCC)c1CCCC)=C=C=2. The second-order valence-corrected chi connectivity index (χ2v) is 26.0. The van der Waals surface area contributed by atoms with Crippen LogP contribution in [-0.2, 0) is 64.2 Å². The van der Waals surface area contributed by atoms with Gasteiger partial charge in [-0.2, -0.15) is 0 Å². The Morgan fingerprint density at radius 3 is 0.347 bits per heavy atom.